The Bertz CT molecular complexity index is 2210. The van der Waals surface area contributed by atoms with Crippen molar-refractivity contribution >= 4 is 22.8 Å². The Kier molecular flexibility index (Phi) is 9.94. The van der Waals surface area contributed by atoms with Gasteiger partial charge in [-0.25, -0.2) is 9.78 Å². The predicted octanol–water partition coefficient (Wildman–Crippen LogP) is 8.49. The molecular formula is C41H45N7O5. The number of para-hydroxylation sites is 1. The van der Waals surface area contributed by atoms with Crippen LogP contribution in [0.3, 0.4) is 0 Å². The highest BCUT2D eigenvalue weighted by atomic mass is 16.6. The molecule has 0 spiro atoms. The lowest BCUT2D eigenvalue weighted by Gasteiger charge is -2.34. The lowest BCUT2D eigenvalue weighted by Crippen LogP contribution is -2.43. The summed E-state index contributed by atoms with van der Waals surface area (Å²) >= 11 is 0. The number of aryl methyl sites for hydroxylation is 1. The third-order valence-electron chi connectivity index (χ3n) is 9.18. The summed E-state index contributed by atoms with van der Waals surface area (Å²) in [6, 6.07) is 23.3. The van der Waals surface area contributed by atoms with Gasteiger partial charge in [0.1, 0.15) is 40.1 Å². The first-order valence-corrected chi connectivity index (χ1v) is 17.8. The van der Waals surface area contributed by atoms with Gasteiger partial charge < -0.3 is 29.2 Å². The van der Waals surface area contributed by atoms with E-state index in [9.17, 15) is 4.79 Å². The number of pyridine rings is 1. The fourth-order valence-electron chi connectivity index (χ4n) is 6.67. The molecule has 1 saturated heterocycles. The van der Waals surface area contributed by atoms with E-state index in [0.717, 1.165) is 57.4 Å². The highest BCUT2D eigenvalue weighted by Crippen LogP contribution is 2.41. The number of anilines is 1. The van der Waals surface area contributed by atoms with E-state index in [2.05, 4.69) is 15.1 Å². The van der Waals surface area contributed by atoms with Crippen molar-refractivity contribution in [2.75, 3.05) is 32.6 Å². The minimum absolute atomic E-state index is 0.124. The zero-order chi connectivity index (χ0) is 37.1. The molecule has 0 bridgehead atoms. The number of nitrogens with zero attached hydrogens (tertiary/aromatic N) is 6. The number of benzene rings is 3. The van der Waals surface area contributed by atoms with Gasteiger partial charge in [0.05, 0.1) is 37.4 Å². The lowest BCUT2D eigenvalue weighted by molar-refractivity contribution is 0.0169. The van der Waals surface area contributed by atoms with Crippen LogP contribution in [0.4, 0.5) is 10.6 Å². The monoisotopic (exact) mass is 715 g/mol. The fraction of sp³-hybridized carbons (Fsp3) is 0.317. The minimum Gasteiger partial charge on any atom is -0.497 e. The third kappa shape index (κ3) is 7.76. The number of hydrogen-bond acceptors (Lipinski definition) is 9. The average Bonchev–Trinajstić information content (AvgIpc) is 3.78. The topological polar surface area (TPSA) is 118 Å². The number of fused-ring (bicyclic) bond motifs is 1. The number of methoxy groups -OCH3 is 2. The summed E-state index contributed by atoms with van der Waals surface area (Å²) in [5.74, 6) is 3.55. The smallest absolute Gasteiger partial charge is 0.410 e. The number of rotatable bonds is 10. The van der Waals surface area contributed by atoms with Gasteiger partial charge in [0, 0.05) is 67.4 Å². The lowest BCUT2D eigenvalue weighted by atomic mass is 10.0. The molecule has 1 unspecified atom stereocenters. The zero-order valence-electron chi connectivity index (χ0n) is 31.0. The Labute approximate surface area is 309 Å². The maximum atomic E-state index is 13.3. The maximum absolute atomic E-state index is 13.3. The van der Waals surface area contributed by atoms with E-state index in [1.165, 1.54) is 0 Å². The summed E-state index contributed by atoms with van der Waals surface area (Å²) in [6.07, 6.45) is 7.01. The second-order valence-electron chi connectivity index (χ2n) is 14.1. The second kappa shape index (κ2) is 14.9. The number of likely N-dealkylation sites (tertiary alicyclic amines) is 1. The van der Waals surface area contributed by atoms with Crippen molar-refractivity contribution in [3.05, 3.63) is 97.0 Å². The average molecular weight is 716 g/mol. The highest BCUT2D eigenvalue weighted by molar-refractivity contribution is 6.07. The van der Waals surface area contributed by atoms with Crippen molar-refractivity contribution in [3.63, 3.8) is 0 Å². The Morgan fingerprint density at radius 1 is 0.925 bits per heavy atom. The van der Waals surface area contributed by atoms with Gasteiger partial charge in [-0.1, -0.05) is 18.2 Å². The SMILES string of the molecule is COc1ccc(CNc2ncc(-c3cnn(C)c3)c3c2c(-c2ccc(Oc4ccccc4)cc2)nn3C2CCCN(C(=O)OC(C)(C)C)C2)c(OC)c1. The van der Waals surface area contributed by atoms with Crippen molar-refractivity contribution in [2.45, 2.75) is 51.8 Å². The molecular weight excluding hydrogens is 670 g/mol. The summed E-state index contributed by atoms with van der Waals surface area (Å²) in [7, 11) is 5.18. The zero-order valence-corrected chi connectivity index (χ0v) is 31.0. The van der Waals surface area contributed by atoms with E-state index in [4.69, 9.17) is 29.0 Å². The molecule has 4 heterocycles. The molecule has 1 N–H and O–H groups in total. The minimum atomic E-state index is -0.599. The van der Waals surface area contributed by atoms with Gasteiger partial charge in [0.2, 0.25) is 0 Å². The molecule has 3 aromatic heterocycles. The van der Waals surface area contributed by atoms with Gasteiger partial charge in [-0.05, 0) is 82.1 Å². The van der Waals surface area contributed by atoms with Gasteiger partial charge in [-0.2, -0.15) is 10.2 Å². The molecule has 6 aromatic rings. The largest absolute Gasteiger partial charge is 0.497 e. The number of nitrogens with one attached hydrogen (secondary N) is 1. The molecule has 1 atom stereocenters. The highest BCUT2D eigenvalue weighted by Gasteiger charge is 2.32. The summed E-state index contributed by atoms with van der Waals surface area (Å²) < 4.78 is 26.9. The maximum Gasteiger partial charge on any atom is 0.410 e. The van der Waals surface area contributed by atoms with Crippen LogP contribution in [0.15, 0.2) is 91.4 Å². The summed E-state index contributed by atoms with van der Waals surface area (Å²) in [5, 5.41) is 14.3. The van der Waals surface area contributed by atoms with Gasteiger partial charge in [0.25, 0.3) is 0 Å². The molecule has 12 heteroatoms. The fourth-order valence-corrected chi connectivity index (χ4v) is 6.67. The normalized spacial score (nSPS) is 14.6. The van der Waals surface area contributed by atoms with Crippen molar-refractivity contribution in [2.24, 2.45) is 7.05 Å². The van der Waals surface area contributed by atoms with E-state index in [0.29, 0.717) is 42.7 Å². The molecule has 1 aliphatic rings. The Hall–Kier alpha value is -6.04. The van der Waals surface area contributed by atoms with Crippen LogP contribution in [-0.4, -0.2) is 68.4 Å². The van der Waals surface area contributed by atoms with Crippen molar-refractivity contribution < 1.29 is 23.7 Å². The van der Waals surface area contributed by atoms with Crippen LogP contribution in [-0.2, 0) is 18.3 Å². The van der Waals surface area contributed by atoms with Crippen molar-refractivity contribution in [1.82, 2.24) is 29.4 Å². The number of piperidine rings is 1. The van der Waals surface area contributed by atoms with Crippen LogP contribution in [0.25, 0.3) is 33.3 Å². The van der Waals surface area contributed by atoms with Gasteiger partial charge in [-0.15, -0.1) is 0 Å². The van der Waals surface area contributed by atoms with E-state index in [1.807, 2.05) is 119 Å². The standard InChI is InChI=1S/C41H45N7O5/c1-41(2,3)53-40(49)47-20-10-11-30(26-47)48-38-34(29-23-44-46(4)25-29)24-43-39(42-22-28-16-19-33(50-5)21-35(28)51-6)36(38)37(45-48)27-14-17-32(18-15-27)52-31-12-8-7-9-13-31/h7-9,12-19,21,23-25,30H,10-11,20,22,26H2,1-6H3,(H,42,43). The Balaban J connectivity index is 1.36. The molecule has 3 aromatic carbocycles. The summed E-state index contributed by atoms with van der Waals surface area (Å²) in [5.41, 5.74) is 4.68. The molecule has 1 fully saturated rings. The summed E-state index contributed by atoms with van der Waals surface area (Å²) in [4.78, 5) is 20.1. The number of ether oxygens (including phenoxy) is 4. The number of aromatic nitrogens is 5. The Morgan fingerprint density at radius 2 is 1.68 bits per heavy atom. The van der Waals surface area contributed by atoms with Crippen LogP contribution in [0, 0.1) is 0 Å². The van der Waals surface area contributed by atoms with Gasteiger partial charge in [-0.3, -0.25) is 9.36 Å². The quantitative estimate of drug-likeness (QED) is 0.149. The number of hydrogen-bond donors (Lipinski definition) is 1. The number of carbonyl (C=O) groups excluding carboxylic acids is 1. The first kappa shape index (κ1) is 35.4. The van der Waals surface area contributed by atoms with Crippen molar-refractivity contribution in [3.8, 4) is 45.4 Å². The predicted molar refractivity (Wildman–Crippen MR) is 205 cm³/mol. The molecule has 1 aliphatic heterocycles. The molecule has 0 aliphatic carbocycles. The number of amides is 1. The molecule has 274 valence electrons. The first-order chi connectivity index (χ1) is 25.6. The second-order valence-corrected chi connectivity index (χ2v) is 14.1. The van der Waals surface area contributed by atoms with Crippen LogP contribution in [0.5, 0.6) is 23.0 Å². The molecule has 0 radical (unpaired) electrons. The van der Waals surface area contributed by atoms with E-state index >= 15 is 0 Å². The van der Waals surface area contributed by atoms with Gasteiger partial charge >= 0.3 is 6.09 Å². The molecule has 1 amide bonds. The van der Waals surface area contributed by atoms with E-state index in [-0.39, 0.29) is 12.1 Å². The van der Waals surface area contributed by atoms with E-state index in [1.54, 1.807) is 23.8 Å². The molecule has 0 saturated carbocycles. The molecule has 12 nitrogen and oxygen atoms in total. The van der Waals surface area contributed by atoms with E-state index < -0.39 is 5.60 Å². The Morgan fingerprint density at radius 3 is 2.38 bits per heavy atom. The van der Waals surface area contributed by atoms with Crippen LogP contribution in [0.2, 0.25) is 0 Å². The molecule has 53 heavy (non-hydrogen) atoms. The van der Waals surface area contributed by atoms with Crippen LogP contribution < -0.4 is 19.5 Å². The molecule has 7 rings (SSSR count). The van der Waals surface area contributed by atoms with Crippen molar-refractivity contribution in [1.29, 1.82) is 0 Å². The van der Waals surface area contributed by atoms with Gasteiger partial charge in [0.15, 0.2) is 0 Å². The summed E-state index contributed by atoms with van der Waals surface area (Å²) in [6.45, 7) is 7.17. The van der Waals surface area contributed by atoms with Crippen LogP contribution >= 0.6 is 0 Å². The number of carbonyl (C=O) groups is 1. The van der Waals surface area contributed by atoms with Crippen LogP contribution in [0.1, 0.15) is 45.2 Å². The third-order valence-corrected chi connectivity index (χ3v) is 9.18. The first-order valence-electron chi connectivity index (χ1n) is 17.8.